The second-order valence-electron chi connectivity index (χ2n) is 6.92. The Balaban J connectivity index is 1.34. The number of ether oxygens (including phenoxy) is 1. The Kier molecular flexibility index (Phi) is 4.98. The van der Waals surface area contributed by atoms with Crippen LogP contribution in [0.25, 0.3) is 17.2 Å². The fourth-order valence-electron chi connectivity index (χ4n) is 3.66. The van der Waals surface area contributed by atoms with Crippen molar-refractivity contribution in [3.05, 3.63) is 83.2 Å². The summed E-state index contributed by atoms with van der Waals surface area (Å²) in [6, 6.07) is 16.6. The number of rotatable bonds is 5. The average Bonchev–Trinajstić information content (AvgIpc) is 3.21. The Morgan fingerprint density at radius 1 is 1.14 bits per heavy atom. The number of benzene rings is 2. The van der Waals surface area contributed by atoms with E-state index in [4.69, 9.17) is 4.74 Å². The predicted molar refractivity (Wildman–Crippen MR) is 110 cm³/mol. The second kappa shape index (κ2) is 7.72. The summed E-state index contributed by atoms with van der Waals surface area (Å²) in [5.41, 5.74) is 6.99. The number of alkyl carbamates (subject to hydrolysis) is 1. The number of aromatic nitrogens is 2. The standard InChI is InChI=1S/C23H23N3O2/c1-16-17(14-25-26(16)2)8-7-13-24-23(27)28-15-22-20-11-5-3-9-18(20)19-10-4-6-12-21(19)22/h3-12,14,22H,13,15H2,1-2H3,(H,24,27). The van der Waals surface area contributed by atoms with E-state index in [1.165, 1.54) is 22.3 Å². The van der Waals surface area contributed by atoms with Crippen molar-refractivity contribution in [3.63, 3.8) is 0 Å². The Hall–Kier alpha value is -3.34. The van der Waals surface area contributed by atoms with Gasteiger partial charge in [0, 0.05) is 30.8 Å². The summed E-state index contributed by atoms with van der Waals surface area (Å²) in [5, 5.41) is 6.97. The summed E-state index contributed by atoms with van der Waals surface area (Å²) in [6.07, 6.45) is 5.24. The molecule has 0 saturated heterocycles. The van der Waals surface area contributed by atoms with E-state index in [0.29, 0.717) is 13.2 Å². The Morgan fingerprint density at radius 2 is 1.79 bits per heavy atom. The molecule has 2 aromatic carbocycles. The van der Waals surface area contributed by atoms with Crippen LogP contribution in [0.2, 0.25) is 0 Å². The molecule has 0 atom stereocenters. The van der Waals surface area contributed by atoms with E-state index in [9.17, 15) is 4.79 Å². The van der Waals surface area contributed by atoms with E-state index >= 15 is 0 Å². The molecule has 0 aliphatic heterocycles. The van der Waals surface area contributed by atoms with E-state index in [-0.39, 0.29) is 5.92 Å². The summed E-state index contributed by atoms with van der Waals surface area (Å²) in [4.78, 5) is 12.1. The first kappa shape index (κ1) is 18.0. The maximum absolute atomic E-state index is 12.1. The number of carbonyl (C=O) groups is 1. The predicted octanol–water partition coefficient (Wildman–Crippen LogP) is 4.28. The normalized spacial score (nSPS) is 12.8. The zero-order chi connectivity index (χ0) is 19.5. The van der Waals surface area contributed by atoms with Crippen molar-refractivity contribution in [1.29, 1.82) is 0 Å². The highest BCUT2D eigenvalue weighted by Gasteiger charge is 2.28. The van der Waals surface area contributed by atoms with Gasteiger partial charge in [0.15, 0.2) is 0 Å². The highest BCUT2D eigenvalue weighted by Crippen LogP contribution is 2.44. The molecule has 1 amide bonds. The topological polar surface area (TPSA) is 56.1 Å². The van der Waals surface area contributed by atoms with Gasteiger partial charge in [0.05, 0.1) is 6.20 Å². The van der Waals surface area contributed by atoms with Crippen molar-refractivity contribution in [2.45, 2.75) is 12.8 Å². The zero-order valence-corrected chi connectivity index (χ0v) is 16.1. The highest BCUT2D eigenvalue weighted by molar-refractivity contribution is 5.79. The lowest BCUT2D eigenvalue weighted by molar-refractivity contribution is 0.144. The van der Waals surface area contributed by atoms with Gasteiger partial charge in [-0.25, -0.2) is 4.79 Å². The smallest absolute Gasteiger partial charge is 0.407 e. The number of aryl methyl sites for hydroxylation is 1. The maximum atomic E-state index is 12.1. The van der Waals surface area contributed by atoms with E-state index < -0.39 is 6.09 Å². The lowest BCUT2D eigenvalue weighted by Gasteiger charge is -2.14. The minimum Gasteiger partial charge on any atom is -0.449 e. The number of amides is 1. The Bertz CT molecular complexity index is 990. The summed E-state index contributed by atoms with van der Waals surface area (Å²) in [6.45, 7) is 2.74. The van der Waals surface area contributed by atoms with Crippen LogP contribution in [-0.2, 0) is 11.8 Å². The van der Waals surface area contributed by atoms with Crippen LogP contribution in [0.4, 0.5) is 4.79 Å². The lowest BCUT2D eigenvalue weighted by atomic mass is 9.98. The fourth-order valence-corrected chi connectivity index (χ4v) is 3.66. The number of nitrogens with one attached hydrogen (secondary N) is 1. The lowest BCUT2D eigenvalue weighted by Crippen LogP contribution is -2.26. The summed E-state index contributed by atoms with van der Waals surface area (Å²) in [7, 11) is 1.90. The van der Waals surface area contributed by atoms with Crippen molar-refractivity contribution in [2.24, 2.45) is 7.05 Å². The molecule has 1 heterocycles. The van der Waals surface area contributed by atoms with E-state index in [1.54, 1.807) is 6.20 Å². The molecule has 1 aromatic heterocycles. The molecular weight excluding hydrogens is 350 g/mol. The van der Waals surface area contributed by atoms with Crippen molar-refractivity contribution in [3.8, 4) is 11.1 Å². The van der Waals surface area contributed by atoms with Gasteiger partial charge in [-0.15, -0.1) is 0 Å². The molecule has 0 unspecified atom stereocenters. The minimum absolute atomic E-state index is 0.0757. The summed E-state index contributed by atoms with van der Waals surface area (Å²) in [5.74, 6) is 0.0757. The van der Waals surface area contributed by atoms with Crippen molar-refractivity contribution >= 4 is 12.2 Å². The fraction of sp³-hybridized carbons (Fsp3) is 0.217. The van der Waals surface area contributed by atoms with Crippen LogP contribution in [0.15, 0.2) is 60.8 Å². The van der Waals surface area contributed by atoms with Gasteiger partial charge in [-0.3, -0.25) is 4.68 Å². The quantitative estimate of drug-likeness (QED) is 0.726. The van der Waals surface area contributed by atoms with Crippen LogP contribution in [0.1, 0.15) is 28.3 Å². The first-order valence-corrected chi connectivity index (χ1v) is 9.39. The van der Waals surface area contributed by atoms with Crippen LogP contribution in [0, 0.1) is 6.92 Å². The van der Waals surface area contributed by atoms with Gasteiger partial charge in [0.2, 0.25) is 0 Å². The first-order valence-electron chi connectivity index (χ1n) is 9.39. The molecular formula is C23H23N3O2. The molecule has 0 fully saturated rings. The van der Waals surface area contributed by atoms with Crippen LogP contribution < -0.4 is 5.32 Å². The second-order valence-corrected chi connectivity index (χ2v) is 6.92. The molecule has 3 aromatic rings. The van der Waals surface area contributed by atoms with E-state index in [0.717, 1.165) is 11.3 Å². The largest absolute Gasteiger partial charge is 0.449 e. The van der Waals surface area contributed by atoms with Gasteiger partial charge in [-0.1, -0.05) is 60.7 Å². The van der Waals surface area contributed by atoms with Gasteiger partial charge < -0.3 is 10.1 Å². The molecule has 0 bridgehead atoms. The third-order valence-electron chi connectivity index (χ3n) is 5.28. The maximum Gasteiger partial charge on any atom is 0.407 e. The molecule has 1 N–H and O–H groups in total. The SMILES string of the molecule is Cc1c(C=CCNC(=O)OCC2c3ccccc3-c3ccccc32)cnn1C. The average molecular weight is 373 g/mol. The van der Waals surface area contributed by atoms with Crippen molar-refractivity contribution in [2.75, 3.05) is 13.2 Å². The van der Waals surface area contributed by atoms with Gasteiger partial charge in [-0.05, 0) is 29.2 Å². The molecule has 0 radical (unpaired) electrons. The third-order valence-corrected chi connectivity index (χ3v) is 5.28. The molecule has 28 heavy (non-hydrogen) atoms. The van der Waals surface area contributed by atoms with Gasteiger partial charge in [0.25, 0.3) is 0 Å². The van der Waals surface area contributed by atoms with Gasteiger partial charge in [0.1, 0.15) is 6.61 Å². The number of hydrogen-bond donors (Lipinski definition) is 1. The molecule has 5 nitrogen and oxygen atoms in total. The van der Waals surface area contributed by atoms with E-state index in [2.05, 4.69) is 34.7 Å². The van der Waals surface area contributed by atoms with Crippen LogP contribution in [0.3, 0.4) is 0 Å². The van der Waals surface area contributed by atoms with Crippen molar-refractivity contribution < 1.29 is 9.53 Å². The van der Waals surface area contributed by atoms with Crippen LogP contribution in [0.5, 0.6) is 0 Å². The molecule has 0 spiro atoms. The van der Waals surface area contributed by atoms with Gasteiger partial charge in [-0.2, -0.15) is 5.10 Å². The van der Waals surface area contributed by atoms with Crippen molar-refractivity contribution in [1.82, 2.24) is 15.1 Å². The molecule has 0 saturated carbocycles. The molecule has 5 heteroatoms. The van der Waals surface area contributed by atoms with Gasteiger partial charge >= 0.3 is 6.09 Å². The Labute approximate surface area is 164 Å². The first-order chi connectivity index (χ1) is 13.6. The third kappa shape index (κ3) is 3.43. The number of hydrogen-bond acceptors (Lipinski definition) is 3. The van der Waals surface area contributed by atoms with Crippen LogP contribution >= 0.6 is 0 Å². The van der Waals surface area contributed by atoms with E-state index in [1.807, 2.05) is 55.1 Å². The highest BCUT2D eigenvalue weighted by atomic mass is 16.5. The summed E-state index contributed by atoms with van der Waals surface area (Å²) < 4.78 is 7.34. The summed E-state index contributed by atoms with van der Waals surface area (Å²) >= 11 is 0. The molecule has 1 aliphatic carbocycles. The molecule has 4 rings (SSSR count). The molecule has 142 valence electrons. The minimum atomic E-state index is -0.408. The monoisotopic (exact) mass is 373 g/mol. The Morgan fingerprint density at radius 3 is 2.39 bits per heavy atom. The van der Waals surface area contributed by atoms with Crippen LogP contribution in [-0.4, -0.2) is 29.0 Å². The number of carbonyl (C=O) groups excluding carboxylic acids is 1. The number of nitrogens with zero attached hydrogens (tertiary/aromatic N) is 2. The number of fused-ring (bicyclic) bond motifs is 3. The molecule has 1 aliphatic rings. The zero-order valence-electron chi connectivity index (χ0n) is 16.1.